The molecule has 0 aliphatic carbocycles. The van der Waals surface area contributed by atoms with Crippen molar-refractivity contribution in [3.8, 4) is 11.8 Å². The van der Waals surface area contributed by atoms with E-state index in [9.17, 15) is 0 Å². The minimum absolute atomic E-state index is 0.775. The average Bonchev–Trinajstić information content (AvgIpc) is 2.72. The summed E-state index contributed by atoms with van der Waals surface area (Å²) in [6, 6.07) is 34.6. The summed E-state index contributed by atoms with van der Waals surface area (Å²) < 4.78 is 0. The molecule has 0 spiro atoms. The Morgan fingerprint density at radius 3 is 2.08 bits per heavy atom. The molecular weight excluding hydrogens is 314 g/mol. The Morgan fingerprint density at radius 1 is 0.615 bits per heavy atom. The second-order valence-electron chi connectivity index (χ2n) is 5.94. The van der Waals surface area contributed by atoms with Gasteiger partial charge in [-0.1, -0.05) is 84.8 Å². The maximum Gasteiger partial charge on any atom is 0.122 e. The first-order valence-corrected chi connectivity index (χ1v) is 8.59. The Labute approximate surface area is 153 Å². The van der Waals surface area contributed by atoms with Gasteiger partial charge in [0.05, 0.1) is 5.69 Å². The van der Waals surface area contributed by atoms with Gasteiger partial charge in [-0.25, -0.2) is 4.99 Å². The molecule has 0 radical (unpaired) electrons. The highest BCUT2D eigenvalue weighted by Gasteiger charge is 2.06. The predicted molar refractivity (Wildman–Crippen MR) is 110 cm³/mol. The zero-order chi connectivity index (χ0) is 17.6. The molecule has 1 heteroatoms. The molecule has 0 saturated carbocycles. The number of benzene rings is 4. The van der Waals surface area contributed by atoms with Crippen LogP contribution in [0.3, 0.4) is 0 Å². The molecule has 0 aliphatic heterocycles. The third-order valence-electron chi connectivity index (χ3n) is 4.14. The van der Waals surface area contributed by atoms with Crippen LogP contribution in [-0.2, 0) is 0 Å². The van der Waals surface area contributed by atoms with E-state index in [0.29, 0.717) is 0 Å². The van der Waals surface area contributed by atoms with E-state index in [1.165, 1.54) is 5.39 Å². The summed E-state index contributed by atoms with van der Waals surface area (Å²) in [6.07, 6.45) is 0. The SMILES string of the molecule is C(#Cc1ccccc1)C(=Nc1ccccc1)c1cccc2ccccc12. The number of rotatable bonds is 2. The zero-order valence-corrected chi connectivity index (χ0v) is 14.3. The van der Waals surface area contributed by atoms with Gasteiger partial charge in [-0.15, -0.1) is 0 Å². The van der Waals surface area contributed by atoms with Gasteiger partial charge in [-0.2, -0.15) is 0 Å². The Balaban J connectivity index is 1.88. The molecule has 0 fully saturated rings. The Kier molecular flexibility index (Phi) is 4.58. The molecule has 122 valence electrons. The van der Waals surface area contributed by atoms with Crippen molar-refractivity contribution in [2.45, 2.75) is 0 Å². The average molecular weight is 331 g/mol. The number of para-hydroxylation sites is 1. The molecule has 4 aromatic carbocycles. The molecule has 0 amide bonds. The number of hydrogen-bond acceptors (Lipinski definition) is 1. The van der Waals surface area contributed by atoms with Crippen LogP contribution in [0.15, 0.2) is 108 Å². The normalized spacial score (nSPS) is 11.0. The molecule has 0 heterocycles. The fourth-order valence-corrected chi connectivity index (χ4v) is 2.87. The van der Waals surface area contributed by atoms with Crippen molar-refractivity contribution >= 4 is 22.2 Å². The van der Waals surface area contributed by atoms with Gasteiger partial charge >= 0.3 is 0 Å². The van der Waals surface area contributed by atoms with E-state index in [0.717, 1.165) is 27.9 Å². The monoisotopic (exact) mass is 331 g/mol. The van der Waals surface area contributed by atoms with Crippen molar-refractivity contribution < 1.29 is 0 Å². The first-order chi connectivity index (χ1) is 12.9. The van der Waals surface area contributed by atoms with Gasteiger partial charge in [0, 0.05) is 11.1 Å². The fourth-order valence-electron chi connectivity index (χ4n) is 2.87. The highest BCUT2D eigenvalue weighted by atomic mass is 14.7. The van der Waals surface area contributed by atoms with E-state index in [1.807, 2.05) is 60.7 Å². The minimum atomic E-state index is 0.775. The highest BCUT2D eigenvalue weighted by molar-refractivity contribution is 6.20. The van der Waals surface area contributed by atoms with Crippen molar-refractivity contribution in [2.75, 3.05) is 0 Å². The maximum atomic E-state index is 4.84. The van der Waals surface area contributed by atoms with E-state index in [-0.39, 0.29) is 0 Å². The third-order valence-corrected chi connectivity index (χ3v) is 4.14. The van der Waals surface area contributed by atoms with E-state index >= 15 is 0 Å². The van der Waals surface area contributed by atoms with E-state index in [4.69, 9.17) is 4.99 Å². The molecule has 0 bridgehead atoms. The summed E-state index contributed by atoms with van der Waals surface area (Å²) >= 11 is 0. The van der Waals surface area contributed by atoms with Gasteiger partial charge in [-0.3, -0.25) is 0 Å². The predicted octanol–water partition coefficient (Wildman–Crippen LogP) is 6.01. The highest BCUT2D eigenvalue weighted by Crippen LogP contribution is 2.21. The molecule has 26 heavy (non-hydrogen) atoms. The number of aliphatic imine (C=N–C) groups is 1. The second-order valence-corrected chi connectivity index (χ2v) is 5.94. The van der Waals surface area contributed by atoms with Gasteiger partial charge in [0.15, 0.2) is 0 Å². The summed E-state index contributed by atoms with van der Waals surface area (Å²) in [5.41, 5.74) is 3.71. The molecule has 0 atom stereocenters. The van der Waals surface area contributed by atoms with Gasteiger partial charge in [0.2, 0.25) is 0 Å². The van der Waals surface area contributed by atoms with Crippen LogP contribution in [-0.4, -0.2) is 5.71 Å². The number of nitrogens with zero attached hydrogens (tertiary/aromatic N) is 1. The standard InChI is InChI=1S/C25H17N/c1-3-10-20(11-4-1)18-19-25(26-22-14-5-2-6-15-22)24-17-9-13-21-12-7-8-16-23(21)24/h1-17H. The first kappa shape index (κ1) is 15.9. The summed E-state index contributed by atoms with van der Waals surface area (Å²) in [4.78, 5) is 4.84. The van der Waals surface area contributed by atoms with Gasteiger partial charge in [-0.05, 0) is 41.0 Å². The number of fused-ring (bicyclic) bond motifs is 1. The van der Waals surface area contributed by atoms with Gasteiger partial charge in [0.1, 0.15) is 5.71 Å². The van der Waals surface area contributed by atoms with Crippen LogP contribution in [0.2, 0.25) is 0 Å². The van der Waals surface area contributed by atoms with Gasteiger partial charge < -0.3 is 0 Å². The number of hydrogen-bond donors (Lipinski definition) is 0. The topological polar surface area (TPSA) is 12.4 Å². The lowest BCUT2D eigenvalue weighted by molar-refractivity contribution is 1.51. The van der Waals surface area contributed by atoms with E-state index in [2.05, 4.69) is 54.3 Å². The van der Waals surface area contributed by atoms with Crippen LogP contribution in [0.4, 0.5) is 5.69 Å². The first-order valence-electron chi connectivity index (χ1n) is 8.59. The van der Waals surface area contributed by atoms with Crippen LogP contribution in [0.25, 0.3) is 10.8 Å². The van der Waals surface area contributed by atoms with Crippen LogP contribution in [0.1, 0.15) is 11.1 Å². The zero-order valence-electron chi connectivity index (χ0n) is 14.3. The molecule has 0 unspecified atom stereocenters. The Morgan fingerprint density at radius 2 is 1.27 bits per heavy atom. The lowest BCUT2D eigenvalue weighted by Gasteiger charge is -2.06. The second kappa shape index (κ2) is 7.51. The van der Waals surface area contributed by atoms with Crippen molar-refractivity contribution in [1.82, 2.24) is 0 Å². The van der Waals surface area contributed by atoms with Crippen LogP contribution >= 0.6 is 0 Å². The molecule has 0 aromatic heterocycles. The fraction of sp³-hybridized carbons (Fsp3) is 0. The van der Waals surface area contributed by atoms with Gasteiger partial charge in [0.25, 0.3) is 0 Å². The molecule has 4 aromatic rings. The Bertz CT molecular complexity index is 1110. The summed E-state index contributed by atoms with van der Waals surface area (Å²) in [6.45, 7) is 0. The maximum absolute atomic E-state index is 4.84. The summed E-state index contributed by atoms with van der Waals surface area (Å²) in [5.74, 6) is 6.54. The smallest absolute Gasteiger partial charge is 0.122 e. The van der Waals surface area contributed by atoms with E-state index < -0.39 is 0 Å². The molecule has 4 rings (SSSR count). The quantitative estimate of drug-likeness (QED) is 0.315. The van der Waals surface area contributed by atoms with Crippen LogP contribution < -0.4 is 0 Å². The molecular formula is C25H17N. The van der Waals surface area contributed by atoms with Crippen molar-refractivity contribution in [3.05, 3.63) is 114 Å². The molecule has 0 saturated heterocycles. The van der Waals surface area contributed by atoms with Crippen molar-refractivity contribution in [2.24, 2.45) is 4.99 Å². The van der Waals surface area contributed by atoms with Crippen LogP contribution in [0, 0.1) is 11.8 Å². The van der Waals surface area contributed by atoms with Crippen molar-refractivity contribution in [3.63, 3.8) is 0 Å². The molecule has 0 N–H and O–H groups in total. The summed E-state index contributed by atoms with van der Waals surface area (Å²) in [7, 11) is 0. The lowest BCUT2D eigenvalue weighted by atomic mass is 10.0. The molecule has 0 aliphatic rings. The van der Waals surface area contributed by atoms with Crippen molar-refractivity contribution in [1.29, 1.82) is 0 Å². The summed E-state index contributed by atoms with van der Waals surface area (Å²) in [5, 5.41) is 2.35. The third kappa shape index (κ3) is 3.55. The largest absolute Gasteiger partial charge is 0.239 e. The lowest BCUT2D eigenvalue weighted by Crippen LogP contribution is -1.98. The van der Waals surface area contributed by atoms with E-state index in [1.54, 1.807) is 0 Å². The van der Waals surface area contributed by atoms with Crippen LogP contribution in [0.5, 0.6) is 0 Å². The Hall–Kier alpha value is -3.63. The minimum Gasteiger partial charge on any atom is -0.239 e. The molecule has 1 nitrogen and oxygen atoms in total.